The minimum Gasteiger partial charge on any atom is -0.324 e. The van der Waals surface area contributed by atoms with E-state index in [4.69, 9.17) is 34.8 Å². The Hall–Kier alpha value is -2.59. The van der Waals surface area contributed by atoms with E-state index in [0.29, 0.717) is 33.1 Å². The van der Waals surface area contributed by atoms with Gasteiger partial charge < -0.3 is 5.32 Å². The van der Waals surface area contributed by atoms with Crippen LogP contribution in [0.15, 0.2) is 54.2 Å². The maximum atomic E-state index is 12.4. The van der Waals surface area contributed by atoms with Crippen molar-refractivity contribution >= 4 is 63.8 Å². The minimum absolute atomic E-state index is 0.0182. The van der Waals surface area contributed by atoms with Crippen molar-refractivity contribution in [2.45, 2.75) is 11.7 Å². The third kappa shape index (κ3) is 5.56. The summed E-state index contributed by atoms with van der Waals surface area (Å²) in [7, 11) is 0. The van der Waals surface area contributed by atoms with Crippen LogP contribution in [0, 0.1) is 10.1 Å². The Labute approximate surface area is 196 Å². The lowest BCUT2D eigenvalue weighted by atomic mass is 10.2. The molecule has 8 nitrogen and oxygen atoms in total. The van der Waals surface area contributed by atoms with E-state index >= 15 is 0 Å². The summed E-state index contributed by atoms with van der Waals surface area (Å²) < 4.78 is 1.78. The van der Waals surface area contributed by atoms with Crippen molar-refractivity contribution < 1.29 is 9.72 Å². The number of carbonyl (C=O) groups is 1. The molecule has 1 amide bonds. The smallest absolute Gasteiger partial charge is 0.271 e. The Bertz CT molecular complexity index is 1170. The summed E-state index contributed by atoms with van der Waals surface area (Å²) in [6, 6.07) is 8.92. The number of allylic oxidation sites excluding steroid dienone is 1. The van der Waals surface area contributed by atoms with E-state index in [1.54, 1.807) is 28.8 Å². The Morgan fingerprint density at radius 3 is 2.58 bits per heavy atom. The van der Waals surface area contributed by atoms with Crippen LogP contribution in [0.3, 0.4) is 0 Å². The summed E-state index contributed by atoms with van der Waals surface area (Å²) in [5.74, 6) is 0.120. The van der Waals surface area contributed by atoms with Crippen LogP contribution in [0.25, 0.3) is 11.4 Å². The molecule has 0 aliphatic heterocycles. The van der Waals surface area contributed by atoms with Gasteiger partial charge in [-0.2, -0.15) is 0 Å². The summed E-state index contributed by atoms with van der Waals surface area (Å²) in [5.41, 5.74) is 0.693. The van der Waals surface area contributed by atoms with Gasteiger partial charge >= 0.3 is 0 Å². The first kappa shape index (κ1) is 23.1. The highest BCUT2D eigenvalue weighted by atomic mass is 35.5. The number of rotatable bonds is 8. The van der Waals surface area contributed by atoms with Crippen molar-refractivity contribution in [1.82, 2.24) is 14.8 Å². The third-order valence-corrected chi connectivity index (χ3v) is 6.01. The molecule has 1 aromatic heterocycles. The molecule has 0 fully saturated rings. The van der Waals surface area contributed by atoms with Crippen molar-refractivity contribution in [1.29, 1.82) is 0 Å². The molecule has 1 heterocycles. The molecular weight excluding hydrogens is 485 g/mol. The molecule has 2 aromatic carbocycles. The maximum Gasteiger partial charge on any atom is 0.271 e. The predicted molar refractivity (Wildman–Crippen MR) is 123 cm³/mol. The summed E-state index contributed by atoms with van der Waals surface area (Å²) in [4.78, 5) is 22.7. The number of carbonyl (C=O) groups excluding carboxylic acids is 1. The zero-order valence-corrected chi connectivity index (χ0v) is 18.8. The number of nitro groups is 1. The molecule has 0 unspecified atom stereocenters. The number of aromatic nitrogens is 3. The Balaban J connectivity index is 1.76. The highest BCUT2D eigenvalue weighted by Crippen LogP contribution is 2.30. The van der Waals surface area contributed by atoms with Gasteiger partial charge in [-0.05, 0) is 24.3 Å². The van der Waals surface area contributed by atoms with Crippen molar-refractivity contribution in [2.75, 3.05) is 11.1 Å². The fourth-order valence-electron chi connectivity index (χ4n) is 2.58. The first-order chi connectivity index (χ1) is 14.8. The van der Waals surface area contributed by atoms with Gasteiger partial charge in [0, 0.05) is 24.2 Å². The lowest BCUT2D eigenvalue weighted by molar-refractivity contribution is -0.384. The molecule has 160 valence electrons. The van der Waals surface area contributed by atoms with Gasteiger partial charge in [-0.3, -0.25) is 19.5 Å². The van der Waals surface area contributed by atoms with Crippen LogP contribution < -0.4 is 5.32 Å². The van der Waals surface area contributed by atoms with Crippen LogP contribution in [0.4, 0.5) is 11.4 Å². The molecular formula is C19H14Cl3N5O3S. The van der Waals surface area contributed by atoms with Crippen molar-refractivity contribution in [3.05, 3.63) is 74.2 Å². The van der Waals surface area contributed by atoms with Gasteiger partial charge in [0.15, 0.2) is 11.0 Å². The van der Waals surface area contributed by atoms with E-state index in [2.05, 4.69) is 22.1 Å². The van der Waals surface area contributed by atoms with E-state index in [9.17, 15) is 14.9 Å². The standard InChI is InChI=1S/C19H14Cl3N5O3S/c1-2-7-26-18(11-3-5-13(20)15(22)8-11)24-25-19(26)31-10-17(28)23-16-9-12(27(29)30)4-6-14(16)21/h2-6,8-9H,1,7,10H2,(H,23,28). The number of halogens is 3. The average Bonchev–Trinajstić information content (AvgIpc) is 3.13. The zero-order chi connectivity index (χ0) is 22.5. The molecule has 12 heteroatoms. The quantitative estimate of drug-likeness (QED) is 0.184. The number of nitrogens with one attached hydrogen (secondary N) is 1. The van der Waals surface area contributed by atoms with E-state index in [-0.39, 0.29) is 22.2 Å². The second-order valence-electron chi connectivity index (χ2n) is 6.09. The van der Waals surface area contributed by atoms with Gasteiger partial charge in [0.1, 0.15) is 0 Å². The molecule has 0 radical (unpaired) electrons. The highest BCUT2D eigenvalue weighted by Gasteiger charge is 2.17. The second kappa shape index (κ2) is 10.1. The zero-order valence-electron chi connectivity index (χ0n) is 15.7. The lowest BCUT2D eigenvalue weighted by Crippen LogP contribution is -2.15. The Morgan fingerprint density at radius 1 is 1.16 bits per heavy atom. The minimum atomic E-state index is -0.566. The molecule has 31 heavy (non-hydrogen) atoms. The van der Waals surface area contributed by atoms with Crippen LogP contribution in [0.1, 0.15) is 0 Å². The van der Waals surface area contributed by atoms with Gasteiger partial charge in [-0.25, -0.2) is 0 Å². The van der Waals surface area contributed by atoms with E-state index < -0.39 is 10.8 Å². The normalized spacial score (nSPS) is 10.7. The molecule has 1 N–H and O–H groups in total. The topological polar surface area (TPSA) is 103 Å². The van der Waals surface area contributed by atoms with Crippen molar-refractivity contribution in [3.63, 3.8) is 0 Å². The highest BCUT2D eigenvalue weighted by molar-refractivity contribution is 7.99. The first-order valence-corrected chi connectivity index (χ1v) is 10.8. The van der Waals surface area contributed by atoms with Crippen molar-refractivity contribution in [3.8, 4) is 11.4 Å². The van der Waals surface area contributed by atoms with Crippen LogP contribution >= 0.6 is 46.6 Å². The number of thioether (sulfide) groups is 1. The van der Waals surface area contributed by atoms with Gasteiger partial charge in [-0.15, -0.1) is 16.8 Å². The van der Waals surface area contributed by atoms with Crippen LogP contribution in [0.5, 0.6) is 0 Å². The van der Waals surface area contributed by atoms with Crippen LogP contribution in [-0.2, 0) is 11.3 Å². The van der Waals surface area contributed by atoms with E-state index in [0.717, 1.165) is 11.8 Å². The van der Waals surface area contributed by atoms with Crippen LogP contribution in [-0.4, -0.2) is 31.3 Å². The Kier molecular flexibility index (Phi) is 7.55. The number of amides is 1. The van der Waals surface area contributed by atoms with Gasteiger partial charge in [-0.1, -0.05) is 52.6 Å². The number of nitrogens with zero attached hydrogens (tertiary/aromatic N) is 4. The number of benzene rings is 2. The summed E-state index contributed by atoms with van der Waals surface area (Å²) >= 11 is 19.2. The molecule has 0 atom stereocenters. The molecule has 0 bridgehead atoms. The van der Waals surface area contributed by atoms with Crippen LogP contribution in [0.2, 0.25) is 15.1 Å². The Morgan fingerprint density at radius 2 is 1.90 bits per heavy atom. The second-order valence-corrected chi connectivity index (χ2v) is 8.26. The molecule has 3 aromatic rings. The monoisotopic (exact) mass is 497 g/mol. The molecule has 0 aliphatic rings. The van der Waals surface area contributed by atoms with Crippen molar-refractivity contribution in [2.24, 2.45) is 0 Å². The lowest BCUT2D eigenvalue weighted by Gasteiger charge is -2.09. The first-order valence-electron chi connectivity index (χ1n) is 8.66. The maximum absolute atomic E-state index is 12.4. The van der Waals surface area contributed by atoms with E-state index in [1.807, 2.05) is 0 Å². The molecule has 0 spiro atoms. The number of nitro benzene ring substituents is 1. The SMILES string of the molecule is C=CCn1c(SCC(=O)Nc2cc([N+](=O)[O-])ccc2Cl)nnc1-c1ccc(Cl)c(Cl)c1. The molecule has 0 saturated heterocycles. The van der Waals surface area contributed by atoms with Gasteiger partial charge in [0.2, 0.25) is 5.91 Å². The van der Waals surface area contributed by atoms with E-state index in [1.165, 1.54) is 18.2 Å². The summed E-state index contributed by atoms with van der Waals surface area (Å²) in [6.45, 7) is 4.15. The average molecular weight is 499 g/mol. The van der Waals surface area contributed by atoms with Gasteiger partial charge in [0.05, 0.1) is 31.4 Å². The number of anilines is 1. The predicted octanol–water partition coefficient (Wildman–Crippen LogP) is 5.73. The number of non-ortho nitro benzene ring substituents is 1. The van der Waals surface area contributed by atoms with Gasteiger partial charge in [0.25, 0.3) is 5.69 Å². The molecule has 3 rings (SSSR count). The number of hydrogen-bond acceptors (Lipinski definition) is 6. The largest absolute Gasteiger partial charge is 0.324 e. The fraction of sp³-hybridized carbons (Fsp3) is 0.105. The third-order valence-electron chi connectivity index (χ3n) is 3.97. The molecule has 0 aliphatic carbocycles. The molecule has 0 saturated carbocycles. The fourth-order valence-corrected chi connectivity index (χ4v) is 3.79. The summed E-state index contributed by atoms with van der Waals surface area (Å²) in [6.07, 6.45) is 1.68. The number of hydrogen-bond donors (Lipinski definition) is 1. The summed E-state index contributed by atoms with van der Waals surface area (Å²) in [5, 5.41) is 23.3.